The molecule has 0 N–H and O–H groups in total. The summed E-state index contributed by atoms with van der Waals surface area (Å²) >= 11 is 6.09. The number of halogens is 1. The van der Waals surface area contributed by atoms with Crippen molar-refractivity contribution in [1.29, 1.82) is 0 Å². The molecule has 6 heteroatoms. The normalized spacial score (nSPS) is 20.5. The summed E-state index contributed by atoms with van der Waals surface area (Å²) in [4.78, 5) is 15.2. The lowest BCUT2D eigenvalue weighted by Gasteiger charge is -2.28. The second kappa shape index (κ2) is 8.41. The van der Waals surface area contributed by atoms with E-state index in [-0.39, 0.29) is 12.0 Å². The first kappa shape index (κ1) is 19.1. The number of ether oxygens (including phenoxy) is 3. The highest BCUT2D eigenvalue weighted by Crippen LogP contribution is 2.32. The zero-order valence-corrected chi connectivity index (χ0v) is 16.7. The molecule has 0 aromatic heterocycles. The van der Waals surface area contributed by atoms with E-state index < -0.39 is 6.10 Å². The summed E-state index contributed by atoms with van der Waals surface area (Å²) in [7, 11) is 1.64. The molecular formula is C22H24ClNO4. The highest BCUT2D eigenvalue weighted by molar-refractivity contribution is 6.30. The summed E-state index contributed by atoms with van der Waals surface area (Å²) < 4.78 is 17.2. The predicted molar refractivity (Wildman–Crippen MR) is 107 cm³/mol. The van der Waals surface area contributed by atoms with Crippen molar-refractivity contribution in [2.24, 2.45) is 0 Å². The number of methoxy groups -OCH3 is 1. The fraction of sp³-hybridized carbons (Fsp3) is 0.409. The lowest BCUT2D eigenvalue weighted by molar-refractivity contribution is -0.140. The highest BCUT2D eigenvalue weighted by Gasteiger charge is 2.34. The van der Waals surface area contributed by atoms with Gasteiger partial charge < -0.3 is 19.1 Å². The first-order chi connectivity index (χ1) is 13.6. The molecule has 2 aliphatic rings. The average Bonchev–Trinajstić information content (AvgIpc) is 3.36. The molecule has 2 unspecified atom stereocenters. The van der Waals surface area contributed by atoms with Crippen LogP contribution in [0.3, 0.4) is 0 Å². The van der Waals surface area contributed by atoms with Gasteiger partial charge in [0.1, 0.15) is 11.5 Å². The van der Waals surface area contributed by atoms with Crippen LogP contribution in [0.2, 0.25) is 5.02 Å². The Bertz CT molecular complexity index is 850. The molecule has 0 radical (unpaired) electrons. The molecule has 2 aromatic rings. The Kier molecular flexibility index (Phi) is 5.74. The average molecular weight is 402 g/mol. The summed E-state index contributed by atoms with van der Waals surface area (Å²) in [5, 5.41) is 0.653. The minimum absolute atomic E-state index is 0.0336. The number of nitrogens with zero attached hydrogens (tertiary/aromatic N) is 1. The van der Waals surface area contributed by atoms with Gasteiger partial charge >= 0.3 is 0 Å². The minimum atomic E-state index is -0.537. The maximum absolute atomic E-state index is 13.4. The number of hydrogen-bond donors (Lipinski definition) is 0. The molecule has 0 saturated carbocycles. The van der Waals surface area contributed by atoms with Crippen LogP contribution < -0.4 is 9.47 Å². The minimum Gasteiger partial charge on any atom is -0.496 e. The van der Waals surface area contributed by atoms with Crippen molar-refractivity contribution >= 4 is 17.5 Å². The second-order valence-electron chi connectivity index (χ2n) is 7.23. The third kappa shape index (κ3) is 4.10. The Morgan fingerprint density at radius 1 is 1.29 bits per heavy atom. The van der Waals surface area contributed by atoms with Gasteiger partial charge in [-0.05, 0) is 42.7 Å². The number of carbonyl (C=O) groups excluding carboxylic acids is 1. The Balaban J connectivity index is 1.53. The van der Waals surface area contributed by atoms with Crippen LogP contribution >= 0.6 is 11.6 Å². The Labute approximate surface area is 170 Å². The molecule has 2 atom stereocenters. The largest absolute Gasteiger partial charge is 0.496 e. The molecule has 0 aliphatic carbocycles. The zero-order chi connectivity index (χ0) is 19.5. The van der Waals surface area contributed by atoms with Gasteiger partial charge in [-0.15, -0.1) is 0 Å². The summed E-state index contributed by atoms with van der Waals surface area (Å²) in [6, 6.07) is 13.3. The van der Waals surface area contributed by atoms with Gasteiger partial charge in [-0.1, -0.05) is 29.8 Å². The van der Waals surface area contributed by atoms with Gasteiger partial charge in [0.15, 0.2) is 6.10 Å². The van der Waals surface area contributed by atoms with Crippen LogP contribution in [-0.4, -0.2) is 43.3 Å². The van der Waals surface area contributed by atoms with E-state index in [1.165, 1.54) is 0 Å². The van der Waals surface area contributed by atoms with Crippen molar-refractivity contribution in [2.45, 2.75) is 38.0 Å². The summed E-state index contributed by atoms with van der Waals surface area (Å²) in [5.74, 6) is 1.47. The van der Waals surface area contributed by atoms with E-state index in [0.717, 1.165) is 42.1 Å². The van der Waals surface area contributed by atoms with Crippen molar-refractivity contribution in [1.82, 2.24) is 4.90 Å². The SMILES string of the molecule is COc1ccccc1CN(CC1CCCO1)C(=O)C1Cc2cc(Cl)ccc2O1. The van der Waals surface area contributed by atoms with Gasteiger partial charge in [-0.25, -0.2) is 0 Å². The van der Waals surface area contributed by atoms with E-state index >= 15 is 0 Å². The smallest absolute Gasteiger partial charge is 0.264 e. The maximum Gasteiger partial charge on any atom is 0.264 e. The van der Waals surface area contributed by atoms with Crippen LogP contribution in [0.1, 0.15) is 24.0 Å². The number of fused-ring (bicyclic) bond motifs is 1. The van der Waals surface area contributed by atoms with E-state index in [2.05, 4.69) is 0 Å². The van der Waals surface area contributed by atoms with Crippen LogP contribution in [0.15, 0.2) is 42.5 Å². The van der Waals surface area contributed by atoms with Crippen LogP contribution in [0.4, 0.5) is 0 Å². The van der Waals surface area contributed by atoms with Crippen LogP contribution in [0.5, 0.6) is 11.5 Å². The van der Waals surface area contributed by atoms with E-state index in [1.807, 2.05) is 41.3 Å². The number of rotatable bonds is 6. The van der Waals surface area contributed by atoms with Crippen molar-refractivity contribution in [3.05, 3.63) is 58.6 Å². The first-order valence-electron chi connectivity index (χ1n) is 9.61. The molecule has 1 fully saturated rings. The second-order valence-corrected chi connectivity index (χ2v) is 7.66. The number of amides is 1. The Morgan fingerprint density at radius 3 is 2.93 bits per heavy atom. The molecule has 2 aliphatic heterocycles. The quantitative estimate of drug-likeness (QED) is 0.737. The van der Waals surface area contributed by atoms with Gasteiger partial charge in [0.25, 0.3) is 5.91 Å². The van der Waals surface area contributed by atoms with Crippen molar-refractivity contribution < 1.29 is 19.0 Å². The lowest BCUT2D eigenvalue weighted by atomic mass is 10.1. The van der Waals surface area contributed by atoms with Crippen molar-refractivity contribution in [3.8, 4) is 11.5 Å². The van der Waals surface area contributed by atoms with Gasteiger partial charge in [0.05, 0.1) is 13.2 Å². The molecule has 0 spiro atoms. The standard InChI is InChI=1S/C22H24ClNO4/c1-26-19-7-3-2-5-15(19)13-24(14-18-6-4-10-27-18)22(25)21-12-16-11-17(23)8-9-20(16)28-21/h2-3,5,7-9,11,18,21H,4,6,10,12-14H2,1H3. The molecule has 4 rings (SSSR count). The summed E-state index contributed by atoms with van der Waals surface area (Å²) in [5.41, 5.74) is 1.94. The number of para-hydroxylation sites is 1. The van der Waals surface area contributed by atoms with E-state index in [0.29, 0.717) is 24.5 Å². The maximum atomic E-state index is 13.4. The molecule has 148 valence electrons. The van der Waals surface area contributed by atoms with Gasteiger partial charge in [-0.3, -0.25) is 4.79 Å². The highest BCUT2D eigenvalue weighted by atomic mass is 35.5. The summed E-state index contributed by atoms with van der Waals surface area (Å²) in [6.07, 6.45) is 2.06. The Hall–Kier alpha value is -2.24. The molecule has 1 amide bonds. The van der Waals surface area contributed by atoms with Gasteiger partial charge in [-0.2, -0.15) is 0 Å². The van der Waals surface area contributed by atoms with E-state index in [4.69, 9.17) is 25.8 Å². The number of carbonyl (C=O) groups is 1. The topological polar surface area (TPSA) is 48.0 Å². The molecule has 1 saturated heterocycles. The fourth-order valence-corrected chi connectivity index (χ4v) is 4.06. The van der Waals surface area contributed by atoms with Crippen molar-refractivity contribution in [3.63, 3.8) is 0 Å². The van der Waals surface area contributed by atoms with Crippen LogP contribution in [0, 0.1) is 0 Å². The molecule has 5 nitrogen and oxygen atoms in total. The Morgan fingerprint density at radius 2 is 2.14 bits per heavy atom. The third-order valence-corrected chi connectivity index (χ3v) is 5.52. The van der Waals surface area contributed by atoms with E-state index in [1.54, 1.807) is 13.2 Å². The fourth-order valence-electron chi connectivity index (χ4n) is 3.86. The van der Waals surface area contributed by atoms with Crippen molar-refractivity contribution in [2.75, 3.05) is 20.3 Å². The van der Waals surface area contributed by atoms with E-state index in [9.17, 15) is 4.79 Å². The first-order valence-corrected chi connectivity index (χ1v) is 9.99. The molecule has 2 heterocycles. The number of hydrogen-bond acceptors (Lipinski definition) is 4. The molecule has 0 bridgehead atoms. The molecule has 28 heavy (non-hydrogen) atoms. The zero-order valence-electron chi connectivity index (χ0n) is 15.9. The monoisotopic (exact) mass is 401 g/mol. The van der Waals surface area contributed by atoms with Crippen LogP contribution in [0.25, 0.3) is 0 Å². The molecular weight excluding hydrogens is 378 g/mol. The third-order valence-electron chi connectivity index (χ3n) is 5.29. The van der Waals surface area contributed by atoms with Gasteiger partial charge in [0, 0.05) is 36.7 Å². The van der Waals surface area contributed by atoms with Crippen LogP contribution in [-0.2, 0) is 22.5 Å². The van der Waals surface area contributed by atoms with Gasteiger partial charge in [0.2, 0.25) is 0 Å². The summed E-state index contributed by atoms with van der Waals surface area (Å²) in [6.45, 7) is 1.76. The predicted octanol–water partition coefficient (Wildman–Crippen LogP) is 3.86. The molecule has 2 aromatic carbocycles. The number of benzene rings is 2. The lowest BCUT2D eigenvalue weighted by Crippen LogP contribution is -2.44.